The Morgan fingerprint density at radius 2 is 1.72 bits per heavy atom. The first kappa shape index (κ1) is 39.1. The fraction of sp³-hybridized carbons (Fsp3) is 0.884. The topological polar surface area (TPSA) is 109 Å². The molecule has 302 valence electrons. The van der Waals surface area contributed by atoms with Crippen molar-refractivity contribution in [3.63, 3.8) is 0 Å². The van der Waals surface area contributed by atoms with Gasteiger partial charge in [0.2, 0.25) is 11.8 Å². The maximum absolute atomic E-state index is 15.5. The molecule has 8 aliphatic rings. The molecular formula is C43H69N3O7Si. The number of likely N-dealkylation sites (tertiary alicyclic amines) is 1. The third kappa shape index (κ3) is 6.75. The van der Waals surface area contributed by atoms with E-state index >= 15 is 4.79 Å². The molecule has 4 unspecified atom stereocenters. The average molecular weight is 768 g/mol. The van der Waals surface area contributed by atoms with E-state index in [4.69, 9.17) is 14.2 Å². The number of hydrogen-bond acceptors (Lipinski definition) is 7. The second kappa shape index (κ2) is 15.9. The summed E-state index contributed by atoms with van der Waals surface area (Å²) in [7, 11) is -0.273. The number of amides is 3. The predicted molar refractivity (Wildman–Crippen MR) is 209 cm³/mol. The number of carbonyl (C=O) groups is 3. The van der Waals surface area contributed by atoms with Crippen molar-refractivity contribution in [2.24, 2.45) is 11.8 Å². The van der Waals surface area contributed by atoms with Crippen LogP contribution >= 0.6 is 0 Å². The van der Waals surface area contributed by atoms with E-state index in [-0.39, 0.29) is 79.1 Å². The van der Waals surface area contributed by atoms with E-state index in [1.54, 1.807) is 0 Å². The minimum absolute atomic E-state index is 0.00331. The normalized spacial score (nSPS) is 40.5. The minimum atomic E-state index is -2.10. The highest BCUT2D eigenvalue weighted by atomic mass is 28.3. The van der Waals surface area contributed by atoms with Crippen LogP contribution in [0.1, 0.15) is 129 Å². The van der Waals surface area contributed by atoms with Gasteiger partial charge in [-0.3, -0.25) is 14.4 Å². The Balaban J connectivity index is 1.07. The third-order valence-corrected chi connectivity index (χ3v) is 21.5. The zero-order valence-corrected chi connectivity index (χ0v) is 34.8. The summed E-state index contributed by atoms with van der Waals surface area (Å²) < 4.78 is 19.2. The molecule has 3 saturated heterocycles. The number of nitrogens with zero attached hydrogens (tertiary/aromatic N) is 3. The molecule has 0 aromatic carbocycles. The molecule has 1 N–H and O–H groups in total. The molecule has 0 aromatic rings. The summed E-state index contributed by atoms with van der Waals surface area (Å²) in [4.78, 5) is 49.3. The van der Waals surface area contributed by atoms with Gasteiger partial charge in [0.25, 0.3) is 5.91 Å². The summed E-state index contributed by atoms with van der Waals surface area (Å²) in [5.74, 6) is 0.663. The Morgan fingerprint density at radius 1 is 0.944 bits per heavy atom. The maximum Gasteiger partial charge on any atom is 0.263 e. The van der Waals surface area contributed by atoms with Gasteiger partial charge < -0.3 is 34.0 Å². The highest BCUT2D eigenvalue weighted by Crippen LogP contribution is 2.62. The first-order valence-electron chi connectivity index (χ1n) is 22.2. The second-order valence-electron chi connectivity index (χ2n) is 19.2. The number of ether oxygens (including phenoxy) is 3. The quantitative estimate of drug-likeness (QED) is 0.265. The Labute approximate surface area is 325 Å². The van der Waals surface area contributed by atoms with Crippen molar-refractivity contribution in [1.82, 2.24) is 14.7 Å². The van der Waals surface area contributed by atoms with Crippen molar-refractivity contribution in [3.05, 3.63) is 11.3 Å². The van der Waals surface area contributed by atoms with E-state index in [0.29, 0.717) is 30.7 Å². The van der Waals surface area contributed by atoms with Crippen LogP contribution in [0.15, 0.2) is 11.3 Å². The molecular weight excluding hydrogens is 699 g/mol. The molecule has 0 radical (unpaired) electrons. The molecule has 6 fully saturated rings. The minimum Gasteiger partial charge on any atom is -0.394 e. The van der Waals surface area contributed by atoms with Crippen LogP contribution in [0.25, 0.3) is 0 Å². The van der Waals surface area contributed by atoms with Crippen LogP contribution in [-0.4, -0.2) is 121 Å². The van der Waals surface area contributed by atoms with Gasteiger partial charge in [-0.2, -0.15) is 0 Å². The van der Waals surface area contributed by atoms with Gasteiger partial charge in [0.1, 0.15) is 6.61 Å². The lowest BCUT2D eigenvalue weighted by atomic mass is 9.78. The van der Waals surface area contributed by atoms with Crippen LogP contribution in [0.5, 0.6) is 0 Å². The first-order valence-corrected chi connectivity index (χ1v) is 25.3. The van der Waals surface area contributed by atoms with Gasteiger partial charge in [-0.25, -0.2) is 0 Å². The lowest BCUT2D eigenvalue weighted by molar-refractivity contribution is -0.167. The number of fused-ring (bicyclic) bond motifs is 2. The Morgan fingerprint density at radius 3 is 2.50 bits per heavy atom. The van der Waals surface area contributed by atoms with E-state index in [1.807, 2.05) is 12.0 Å². The number of methoxy groups -OCH3 is 1. The van der Waals surface area contributed by atoms with Crippen LogP contribution < -0.4 is 0 Å². The monoisotopic (exact) mass is 767 g/mol. The summed E-state index contributed by atoms with van der Waals surface area (Å²) in [5.41, 5.74) is 2.16. The molecule has 10 nitrogen and oxygen atoms in total. The van der Waals surface area contributed by atoms with Crippen molar-refractivity contribution < 1.29 is 33.7 Å². The van der Waals surface area contributed by atoms with Gasteiger partial charge in [-0.1, -0.05) is 52.1 Å². The third-order valence-electron chi connectivity index (χ3n) is 16.2. The summed E-state index contributed by atoms with van der Waals surface area (Å²) in [6, 6.07) is 0.292. The second-order valence-corrected chi connectivity index (χ2v) is 24.4. The van der Waals surface area contributed by atoms with Crippen molar-refractivity contribution in [2.75, 3.05) is 33.4 Å². The van der Waals surface area contributed by atoms with Gasteiger partial charge in [-0.05, 0) is 106 Å². The Bertz CT molecular complexity index is 1450. The zero-order chi connectivity index (χ0) is 37.8. The Hall–Kier alpha value is -1.79. The maximum atomic E-state index is 15.5. The van der Waals surface area contributed by atoms with Crippen LogP contribution in [0.2, 0.25) is 24.2 Å². The molecule has 1 spiro atoms. The summed E-state index contributed by atoms with van der Waals surface area (Å²) in [6.07, 6.45) is 19.1. The molecule has 4 heterocycles. The standard InChI is InChI=1S/C43H69N3O7Si/c1-28-41(54(3,4)33-20-18-32(51-2)19-21-33)38(24-39(48)44-22-10-13-31(44)26-47)53-43(28)34-14-5-6-15-35(34)45(42(43)50)25-29-11-9-12-30(23-29)46-36-16-7-8-17-37(36)52-27-40(46)49/h28-33,36-38,41,47H,5-27H2,1-4H3/t28-,29?,30?,31-,32?,33?,36?,37?,38+,41-,43+/m0/s1. The van der Waals surface area contributed by atoms with E-state index in [1.165, 1.54) is 17.7 Å². The summed E-state index contributed by atoms with van der Waals surface area (Å²) >= 11 is 0. The lowest BCUT2D eigenvalue weighted by Crippen LogP contribution is -2.60. The van der Waals surface area contributed by atoms with E-state index in [0.717, 1.165) is 109 Å². The van der Waals surface area contributed by atoms with E-state index in [9.17, 15) is 14.7 Å². The number of aliphatic hydroxyl groups excluding tert-OH is 1. The largest absolute Gasteiger partial charge is 0.394 e. The predicted octanol–water partition coefficient (Wildman–Crippen LogP) is 6.57. The molecule has 4 aliphatic heterocycles. The molecule has 9 atom stereocenters. The van der Waals surface area contributed by atoms with E-state index < -0.39 is 13.7 Å². The first-order chi connectivity index (χ1) is 26.1. The molecule has 11 heteroatoms. The molecule has 54 heavy (non-hydrogen) atoms. The number of rotatable bonds is 9. The number of hydrogen-bond donors (Lipinski definition) is 1. The number of morpholine rings is 1. The van der Waals surface area contributed by atoms with Crippen LogP contribution in [0, 0.1) is 11.8 Å². The Kier molecular flexibility index (Phi) is 11.5. The molecule has 0 bridgehead atoms. The van der Waals surface area contributed by atoms with Crippen LogP contribution in [0.4, 0.5) is 0 Å². The van der Waals surface area contributed by atoms with Crippen molar-refractivity contribution in [2.45, 2.75) is 195 Å². The average Bonchev–Trinajstić information content (AvgIpc) is 3.85. The van der Waals surface area contributed by atoms with Crippen LogP contribution in [-0.2, 0) is 28.6 Å². The number of carbonyl (C=O) groups excluding carboxylic acids is 3. The number of allylic oxidation sites excluding steroid dienone is 1. The highest BCUT2D eigenvalue weighted by Gasteiger charge is 2.68. The summed E-state index contributed by atoms with van der Waals surface area (Å²) in [6.45, 7) is 8.94. The van der Waals surface area contributed by atoms with Crippen molar-refractivity contribution >= 4 is 25.8 Å². The van der Waals surface area contributed by atoms with Crippen molar-refractivity contribution in [1.29, 1.82) is 0 Å². The number of aliphatic hydroxyl groups is 1. The zero-order valence-electron chi connectivity index (χ0n) is 33.8. The van der Waals surface area contributed by atoms with Gasteiger partial charge in [0, 0.05) is 37.9 Å². The molecule has 0 aromatic heterocycles. The van der Waals surface area contributed by atoms with Crippen molar-refractivity contribution in [3.8, 4) is 0 Å². The molecule has 8 rings (SSSR count). The molecule has 3 saturated carbocycles. The van der Waals surface area contributed by atoms with Gasteiger partial charge in [-0.15, -0.1) is 0 Å². The SMILES string of the molecule is COC1CCC([Si](C)(C)[C@@H]2[C@@H](CC(=O)N3CCC[C@H]3CO)O[C@]3(C(=O)N(CC4CCCC(N5C(=O)COC6CCCCC65)C4)C4=C3CCCC4)[C@H]2C)CC1. The molecule has 4 aliphatic carbocycles. The van der Waals surface area contributed by atoms with Gasteiger partial charge >= 0.3 is 0 Å². The van der Waals surface area contributed by atoms with Gasteiger partial charge in [0.05, 0.1) is 51.5 Å². The fourth-order valence-corrected chi connectivity index (χ4v) is 18.5. The smallest absolute Gasteiger partial charge is 0.263 e. The summed E-state index contributed by atoms with van der Waals surface area (Å²) in [5, 5.41) is 10.1. The lowest BCUT2D eigenvalue weighted by Gasteiger charge is -2.49. The molecule has 3 amide bonds. The van der Waals surface area contributed by atoms with E-state index in [2.05, 4.69) is 29.8 Å². The fourth-order valence-electron chi connectivity index (χ4n) is 13.5. The highest BCUT2D eigenvalue weighted by molar-refractivity contribution is 6.80. The van der Waals surface area contributed by atoms with Crippen LogP contribution in [0.3, 0.4) is 0 Å². The van der Waals surface area contributed by atoms with Gasteiger partial charge in [0.15, 0.2) is 5.60 Å².